The van der Waals surface area contributed by atoms with Crippen molar-refractivity contribution >= 4 is 49.3 Å². The Morgan fingerprint density at radius 3 is 1.64 bits per heavy atom. The molecule has 67 heavy (non-hydrogen) atoms. The SMILES string of the molecule is [C-]#[N+]c1ccc2c(c1)c1cc(C(F)(F)F)ccc1n2-c1ccc(C(F)(F)F)cc1-c1cc(-n2c3ccccc3c3cc(C)ccc32)ccc1-c1nc(-c2ccccc2)nc(-c2ccccc2)n1. The number of aromatic nitrogens is 5. The van der Waals surface area contributed by atoms with Gasteiger partial charge in [-0.05, 0) is 103 Å². The molecule has 0 aliphatic carbocycles. The Hall–Kier alpha value is -8.56. The van der Waals surface area contributed by atoms with Gasteiger partial charge in [-0.25, -0.2) is 19.8 Å². The van der Waals surface area contributed by atoms with Crippen molar-refractivity contribution in [2.45, 2.75) is 19.3 Å². The smallest absolute Gasteiger partial charge is 0.309 e. The lowest BCUT2D eigenvalue weighted by atomic mass is 9.94. The van der Waals surface area contributed by atoms with Crippen molar-refractivity contribution in [2.24, 2.45) is 0 Å². The van der Waals surface area contributed by atoms with Crippen molar-refractivity contribution in [1.82, 2.24) is 24.1 Å². The highest BCUT2D eigenvalue weighted by atomic mass is 19.4. The van der Waals surface area contributed by atoms with Crippen molar-refractivity contribution in [3.8, 4) is 56.7 Å². The lowest BCUT2D eigenvalue weighted by molar-refractivity contribution is -0.138. The van der Waals surface area contributed by atoms with Gasteiger partial charge in [0.25, 0.3) is 0 Å². The first-order valence-corrected chi connectivity index (χ1v) is 21.1. The summed E-state index contributed by atoms with van der Waals surface area (Å²) in [7, 11) is 0. The quantitative estimate of drug-likeness (QED) is 0.123. The summed E-state index contributed by atoms with van der Waals surface area (Å²) < 4.78 is 92.0. The largest absolute Gasteiger partial charge is 0.416 e. The molecule has 11 rings (SSSR count). The third kappa shape index (κ3) is 7.12. The average Bonchev–Trinajstić information content (AvgIpc) is 3.85. The van der Waals surface area contributed by atoms with Gasteiger partial charge >= 0.3 is 12.4 Å². The second kappa shape index (κ2) is 15.6. The minimum absolute atomic E-state index is 0.0965. The molecule has 0 aliphatic rings. The zero-order valence-electron chi connectivity index (χ0n) is 35.2. The molecule has 12 heteroatoms. The van der Waals surface area contributed by atoms with Gasteiger partial charge in [-0.2, -0.15) is 26.3 Å². The Morgan fingerprint density at radius 2 is 0.970 bits per heavy atom. The van der Waals surface area contributed by atoms with Crippen LogP contribution in [-0.4, -0.2) is 24.1 Å². The number of para-hydroxylation sites is 1. The van der Waals surface area contributed by atoms with Crippen LogP contribution < -0.4 is 0 Å². The van der Waals surface area contributed by atoms with Crippen LogP contribution >= 0.6 is 0 Å². The van der Waals surface area contributed by atoms with E-state index < -0.39 is 23.5 Å². The number of nitrogens with zero attached hydrogens (tertiary/aromatic N) is 6. The highest BCUT2D eigenvalue weighted by molar-refractivity contribution is 6.12. The standard InChI is InChI=1S/C55H32F6N6/c1-32-17-23-47-42(27-32)39-15-9-10-16-46(39)66(47)38-21-22-40(53-64-51(33-11-5-3-6-12-33)63-52(65-53)34-13-7-4-8-14-34)41(31-38)43-28-35(54(56,57)58)18-24-48(43)67-49-25-19-36(55(59,60)61)29-44(49)45-30-37(62-2)20-26-50(45)67/h3-31H,1H3. The molecule has 3 heterocycles. The first kappa shape index (κ1) is 41.2. The molecule has 0 N–H and O–H groups in total. The molecule has 324 valence electrons. The molecule has 0 aliphatic heterocycles. The monoisotopic (exact) mass is 890 g/mol. The van der Waals surface area contributed by atoms with Gasteiger partial charge in [0.2, 0.25) is 0 Å². The maximum Gasteiger partial charge on any atom is 0.416 e. The predicted octanol–water partition coefficient (Wildman–Crippen LogP) is 15.6. The summed E-state index contributed by atoms with van der Waals surface area (Å²) in [4.78, 5) is 18.4. The summed E-state index contributed by atoms with van der Waals surface area (Å²) in [6.45, 7) is 9.73. The zero-order chi connectivity index (χ0) is 46.2. The minimum atomic E-state index is -4.79. The number of rotatable bonds is 6. The molecular formula is C55H32F6N6. The molecule has 3 aromatic heterocycles. The molecule has 0 unspecified atom stereocenters. The highest BCUT2D eigenvalue weighted by Crippen LogP contribution is 2.45. The average molecular weight is 891 g/mol. The summed E-state index contributed by atoms with van der Waals surface area (Å²) in [5.74, 6) is 0.842. The first-order valence-electron chi connectivity index (χ1n) is 21.1. The van der Waals surface area contributed by atoms with Crippen LogP contribution in [0.5, 0.6) is 0 Å². The van der Waals surface area contributed by atoms with Crippen LogP contribution in [-0.2, 0) is 12.4 Å². The van der Waals surface area contributed by atoms with E-state index in [4.69, 9.17) is 21.5 Å². The summed E-state index contributed by atoms with van der Waals surface area (Å²) in [5, 5.41) is 2.47. The van der Waals surface area contributed by atoms with E-state index >= 15 is 13.2 Å². The maximum atomic E-state index is 15.1. The molecule has 11 aromatic rings. The van der Waals surface area contributed by atoms with Crippen molar-refractivity contribution in [3.05, 3.63) is 204 Å². The summed E-state index contributed by atoms with van der Waals surface area (Å²) in [6.07, 6.45) is -9.49. The van der Waals surface area contributed by atoms with E-state index in [-0.39, 0.29) is 28.1 Å². The van der Waals surface area contributed by atoms with Crippen LogP contribution in [0.2, 0.25) is 0 Å². The highest BCUT2D eigenvalue weighted by Gasteiger charge is 2.34. The third-order valence-corrected chi connectivity index (χ3v) is 12.1. The normalized spacial score (nSPS) is 12.1. The lowest BCUT2D eigenvalue weighted by Gasteiger charge is -2.20. The Bertz CT molecular complexity index is 3750. The molecule has 0 amide bonds. The molecule has 0 saturated heterocycles. The van der Waals surface area contributed by atoms with E-state index in [9.17, 15) is 13.2 Å². The fourth-order valence-electron chi connectivity index (χ4n) is 9.02. The number of benzene rings is 8. The van der Waals surface area contributed by atoms with Crippen molar-refractivity contribution < 1.29 is 26.3 Å². The molecule has 0 atom stereocenters. The number of halogens is 6. The van der Waals surface area contributed by atoms with Gasteiger partial charge in [-0.3, -0.25) is 0 Å². The molecule has 0 bridgehead atoms. The van der Waals surface area contributed by atoms with Crippen LogP contribution in [0.1, 0.15) is 16.7 Å². The van der Waals surface area contributed by atoms with E-state index in [1.54, 1.807) is 16.7 Å². The summed E-state index contributed by atoms with van der Waals surface area (Å²) in [6, 6.07) is 49.4. The van der Waals surface area contributed by atoms with Gasteiger partial charge < -0.3 is 9.13 Å². The van der Waals surface area contributed by atoms with E-state index in [2.05, 4.69) is 15.5 Å². The second-order valence-corrected chi connectivity index (χ2v) is 16.2. The Labute approximate surface area is 378 Å². The lowest BCUT2D eigenvalue weighted by Crippen LogP contribution is -2.08. The van der Waals surface area contributed by atoms with E-state index in [1.165, 1.54) is 24.3 Å². The number of aryl methyl sites for hydroxylation is 1. The summed E-state index contributed by atoms with van der Waals surface area (Å²) >= 11 is 0. The fraction of sp³-hybridized carbons (Fsp3) is 0.0545. The van der Waals surface area contributed by atoms with Crippen LogP contribution in [0, 0.1) is 13.5 Å². The molecule has 0 saturated carbocycles. The topological polar surface area (TPSA) is 52.9 Å². The Kier molecular flexibility index (Phi) is 9.56. The second-order valence-electron chi connectivity index (χ2n) is 16.2. The van der Waals surface area contributed by atoms with Crippen molar-refractivity contribution in [3.63, 3.8) is 0 Å². The van der Waals surface area contributed by atoms with Crippen LogP contribution in [0.4, 0.5) is 32.0 Å². The fourth-order valence-corrected chi connectivity index (χ4v) is 9.02. The first-order chi connectivity index (χ1) is 32.3. The van der Waals surface area contributed by atoms with Gasteiger partial charge in [0.05, 0.1) is 45.5 Å². The molecule has 8 aromatic carbocycles. The van der Waals surface area contributed by atoms with Gasteiger partial charge in [0.1, 0.15) is 0 Å². The summed E-state index contributed by atoms with van der Waals surface area (Å²) in [5.41, 5.74) is 4.79. The van der Waals surface area contributed by atoms with Crippen LogP contribution in [0.25, 0.3) is 105 Å². The minimum Gasteiger partial charge on any atom is -0.309 e. The van der Waals surface area contributed by atoms with Gasteiger partial charge in [-0.1, -0.05) is 96.6 Å². The van der Waals surface area contributed by atoms with Gasteiger partial charge in [0, 0.05) is 44.1 Å². The third-order valence-electron chi connectivity index (χ3n) is 12.1. The van der Waals surface area contributed by atoms with Gasteiger partial charge in [-0.15, -0.1) is 0 Å². The van der Waals surface area contributed by atoms with Crippen LogP contribution in [0.3, 0.4) is 0 Å². The number of fused-ring (bicyclic) bond motifs is 6. The molecule has 6 nitrogen and oxygen atoms in total. The predicted molar refractivity (Wildman–Crippen MR) is 251 cm³/mol. The number of hydrogen-bond acceptors (Lipinski definition) is 3. The van der Waals surface area contributed by atoms with Crippen molar-refractivity contribution in [2.75, 3.05) is 0 Å². The number of alkyl halides is 6. The van der Waals surface area contributed by atoms with E-state index in [0.717, 1.165) is 51.6 Å². The van der Waals surface area contributed by atoms with Crippen molar-refractivity contribution in [1.29, 1.82) is 0 Å². The zero-order valence-corrected chi connectivity index (χ0v) is 35.2. The molecule has 0 spiro atoms. The molecule has 0 radical (unpaired) electrons. The van der Waals surface area contributed by atoms with Gasteiger partial charge in [0.15, 0.2) is 23.2 Å². The van der Waals surface area contributed by atoms with Crippen LogP contribution in [0.15, 0.2) is 176 Å². The molecule has 0 fully saturated rings. The number of hydrogen-bond donors (Lipinski definition) is 0. The van der Waals surface area contributed by atoms with E-state index in [0.29, 0.717) is 56.0 Å². The Balaban J connectivity index is 1.27. The Morgan fingerprint density at radius 1 is 0.433 bits per heavy atom. The molecular weight excluding hydrogens is 859 g/mol. The maximum absolute atomic E-state index is 15.1. The van der Waals surface area contributed by atoms with E-state index in [1.807, 2.05) is 116 Å².